The quantitative estimate of drug-likeness (QED) is 0.209. The molecule has 4 aromatic carbocycles. The molecule has 0 saturated heterocycles. The number of hydrogen-bond acceptors (Lipinski definition) is 4. The van der Waals surface area contributed by atoms with Crippen molar-refractivity contribution in [2.45, 2.75) is 38.9 Å². The number of hydrogen-bond donors (Lipinski definition) is 1. The van der Waals surface area contributed by atoms with E-state index >= 15 is 0 Å². The van der Waals surface area contributed by atoms with Gasteiger partial charge in [-0.2, -0.15) is 0 Å². The van der Waals surface area contributed by atoms with Crippen molar-refractivity contribution >= 4 is 16.9 Å². The number of nitrogens with zero attached hydrogens (tertiary/aromatic N) is 1. The number of aliphatic hydroxyl groups is 1. The van der Waals surface area contributed by atoms with Gasteiger partial charge in [-0.3, -0.25) is 0 Å². The molecule has 0 bridgehead atoms. The van der Waals surface area contributed by atoms with Crippen molar-refractivity contribution in [1.29, 1.82) is 0 Å². The van der Waals surface area contributed by atoms with E-state index in [4.69, 9.17) is 9.47 Å². The number of ether oxygens (including phenoxy) is 2. The Hall–Kier alpha value is -4.42. The van der Waals surface area contributed by atoms with Crippen LogP contribution in [0.4, 0.5) is 4.39 Å². The Bertz CT molecular complexity index is 1640. The van der Waals surface area contributed by atoms with Gasteiger partial charge < -0.3 is 19.1 Å². The Morgan fingerprint density at radius 1 is 0.925 bits per heavy atom. The van der Waals surface area contributed by atoms with E-state index in [0.29, 0.717) is 17.9 Å². The summed E-state index contributed by atoms with van der Waals surface area (Å²) in [5.41, 5.74) is 4.89. The predicted molar refractivity (Wildman–Crippen MR) is 155 cm³/mol. The van der Waals surface area contributed by atoms with Crippen LogP contribution < -0.4 is 4.74 Å². The SMILES string of the molecule is COC(=O)c1ccc(-c2c(C(C)(C)C(C)O)n(-c3ccc(F)cc3)c3cccc(OCc4ccccc4)c23)cc1. The highest BCUT2D eigenvalue weighted by atomic mass is 19.1. The first-order valence-electron chi connectivity index (χ1n) is 13.2. The minimum absolute atomic E-state index is 0.331. The first-order chi connectivity index (χ1) is 19.2. The number of carbonyl (C=O) groups excluding carboxylic acids is 1. The first-order valence-corrected chi connectivity index (χ1v) is 13.2. The van der Waals surface area contributed by atoms with Crippen LogP contribution in [0.2, 0.25) is 0 Å². The summed E-state index contributed by atoms with van der Waals surface area (Å²) in [5, 5.41) is 11.9. The van der Waals surface area contributed by atoms with E-state index in [1.165, 1.54) is 19.2 Å². The fraction of sp³-hybridized carbons (Fsp3) is 0.206. The highest BCUT2D eigenvalue weighted by Crippen LogP contribution is 2.47. The number of fused-ring (bicyclic) bond motifs is 1. The molecule has 6 heteroatoms. The zero-order chi connectivity index (χ0) is 28.4. The number of esters is 1. The summed E-state index contributed by atoms with van der Waals surface area (Å²) in [4.78, 5) is 12.2. The fourth-order valence-corrected chi connectivity index (χ4v) is 5.00. The topological polar surface area (TPSA) is 60.7 Å². The molecule has 40 heavy (non-hydrogen) atoms. The molecule has 0 spiro atoms. The Kier molecular flexibility index (Phi) is 7.46. The lowest BCUT2D eigenvalue weighted by Crippen LogP contribution is -2.33. The number of halogens is 1. The van der Waals surface area contributed by atoms with Crippen LogP contribution in [0.3, 0.4) is 0 Å². The first kappa shape index (κ1) is 27.2. The molecular weight excluding hydrogens is 505 g/mol. The fourth-order valence-electron chi connectivity index (χ4n) is 5.00. The van der Waals surface area contributed by atoms with E-state index in [-0.39, 0.29) is 5.82 Å². The molecule has 5 nitrogen and oxygen atoms in total. The standard InChI is InChI=1S/C34H32FNO4/c1-22(37)34(2,3)32-30(24-13-15-25(16-14-24)33(38)39-4)31-28(36(32)27-19-17-26(35)18-20-27)11-8-12-29(31)40-21-23-9-6-5-7-10-23/h5-20,22,37H,21H2,1-4H3. The maximum atomic E-state index is 14.0. The summed E-state index contributed by atoms with van der Waals surface area (Å²) in [6, 6.07) is 29.4. The molecule has 0 aliphatic heterocycles. The third-order valence-electron chi connectivity index (χ3n) is 7.53. The van der Waals surface area contributed by atoms with Crippen molar-refractivity contribution in [1.82, 2.24) is 4.57 Å². The average molecular weight is 538 g/mol. The van der Waals surface area contributed by atoms with Crippen LogP contribution in [0.5, 0.6) is 5.75 Å². The van der Waals surface area contributed by atoms with Gasteiger partial charge in [0, 0.05) is 22.4 Å². The van der Waals surface area contributed by atoms with E-state index < -0.39 is 17.5 Å². The predicted octanol–water partition coefficient (Wildman–Crippen LogP) is 7.46. The minimum atomic E-state index is -0.736. The van der Waals surface area contributed by atoms with Crippen molar-refractivity contribution in [2.24, 2.45) is 0 Å². The van der Waals surface area contributed by atoms with E-state index in [1.54, 1.807) is 31.2 Å². The molecule has 204 valence electrons. The molecular formula is C34H32FNO4. The summed E-state index contributed by atoms with van der Waals surface area (Å²) in [6.45, 7) is 6.12. The molecule has 5 aromatic rings. The summed E-state index contributed by atoms with van der Waals surface area (Å²) in [6.07, 6.45) is -0.724. The number of carbonyl (C=O) groups is 1. The highest BCUT2D eigenvalue weighted by Gasteiger charge is 2.36. The van der Waals surface area contributed by atoms with Crippen LogP contribution in [0.25, 0.3) is 27.7 Å². The zero-order valence-corrected chi connectivity index (χ0v) is 23.0. The molecule has 0 fully saturated rings. The maximum absolute atomic E-state index is 14.0. The molecule has 0 aliphatic rings. The van der Waals surface area contributed by atoms with Crippen molar-refractivity contribution in [3.63, 3.8) is 0 Å². The highest BCUT2D eigenvalue weighted by molar-refractivity contribution is 6.04. The lowest BCUT2D eigenvalue weighted by atomic mass is 9.80. The van der Waals surface area contributed by atoms with Crippen LogP contribution in [-0.4, -0.2) is 28.9 Å². The van der Waals surface area contributed by atoms with Gasteiger partial charge in [0.15, 0.2) is 0 Å². The zero-order valence-electron chi connectivity index (χ0n) is 23.0. The second-order valence-corrected chi connectivity index (χ2v) is 10.4. The van der Waals surface area contributed by atoms with Gasteiger partial charge in [0.25, 0.3) is 0 Å². The van der Waals surface area contributed by atoms with Crippen LogP contribution in [0, 0.1) is 5.82 Å². The van der Waals surface area contributed by atoms with Crippen molar-refractivity contribution in [3.8, 4) is 22.6 Å². The Labute approximate surface area is 233 Å². The average Bonchev–Trinajstić information content (AvgIpc) is 3.33. The monoisotopic (exact) mass is 537 g/mol. The van der Waals surface area contributed by atoms with Gasteiger partial charge in [0.05, 0.1) is 29.7 Å². The van der Waals surface area contributed by atoms with Crippen LogP contribution in [0.1, 0.15) is 42.4 Å². The minimum Gasteiger partial charge on any atom is -0.488 e. The Balaban J connectivity index is 1.84. The third-order valence-corrected chi connectivity index (χ3v) is 7.53. The molecule has 0 amide bonds. The molecule has 5 rings (SSSR count). The van der Waals surface area contributed by atoms with Crippen LogP contribution in [0.15, 0.2) is 97.1 Å². The van der Waals surface area contributed by atoms with E-state index in [9.17, 15) is 14.3 Å². The number of methoxy groups -OCH3 is 1. The molecule has 1 aromatic heterocycles. The molecule has 1 N–H and O–H groups in total. The van der Waals surface area contributed by atoms with Gasteiger partial charge in [0.2, 0.25) is 0 Å². The van der Waals surface area contributed by atoms with Crippen LogP contribution in [-0.2, 0) is 16.8 Å². The summed E-state index contributed by atoms with van der Waals surface area (Å²) < 4.78 is 27.4. The van der Waals surface area contributed by atoms with Gasteiger partial charge in [0.1, 0.15) is 18.2 Å². The maximum Gasteiger partial charge on any atom is 0.337 e. The molecule has 1 atom stereocenters. The van der Waals surface area contributed by atoms with Gasteiger partial charge in [-0.25, -0.2) is 9.18 Å². The summed E-state index contributed by atoms with van der Waals surface area (Å²) in [7, 11) is 1.35. The summed E-state index contributed by atoms with van der Waals surface area (Å²) in [5.74, 6) is -0.0735. The van der Waals surface area contributed by atoms with Gasteiger partial charge in [-0.15, -0.1) is 0 Å². The molecule has 0 saturated carbocycles. The largest absolute Gasteiger partial charge is 0.488 e. The Morgan fingerprint density at radius 3 is 2.23 bits per heavy atom. The second kappa shape index (κ2) is 11.0. The van der Waals surface area contributed by atoms with Crippen molar-refractivity contribution < 1.29 is 23.8 Å². The smallest absolute Gasteiger partial charge is 0.337 e. The molecule has 1 unspecified atom stereocenters. The van der Waals surface area contributed by atoms with Gasteiger partial charge >= 0.3 is 5.97 Å². The van der Waals surface area contributed by atoms with E-state index in [2.05, 4.69) is 4.57 Å². The number of rotatable bonds is 8. The number of benzene rings is 4. The summed E-state index contributed by atoms with van der Waals surface area (Å²) >= 11 is 0. The normalized spacial score (nSPS) is 12.3. The number of aromatic nitrogens is 1. The van der Waals surface area contributed by atoms with E-state index in [1.807, 2.05) is 74.5 Å². The lowest BCUT2D eigenvalue weighted by molar-refractivity contribution is 0.0600. The van der Waals surface area contributed by atoms with E-state index in [0.717, 1.165) is 39.0 Å². The Morgan fingerprint density at radius 2 is 1.60 bits per heavy atom. The second-order valence-electron chi connectivity index (χ2n) is 10.4. The third kappa shape index (κ3) is 4.98. The number of aliphatic hydroxyl groups excluding tert-OH is 1. The molecule has 1 heterocycles. The van der Waals surface area contributed by atoms with Gasteiger partial charge in [-0.1, -0.05) is 62.4 Å². The van der Waals surface area contributed by atoms with Crippen LogP contribution >= 0.6 is 0 Å². The molecule has 0 radical (unpaired) electrons. The van der Waals surface area contributed by atoms with Crippen molar-refractivity contribution in [3.05, 3.63) is 120 Å². The van der Waals surface area contributed by atoms with Gasteiger partial charge in [-0.05, 0) is 66.6 Å². The van der Waals surface area contributed by atoms with Crippen molar-refractivity contribution in [2.75, 3.05) is 7.11 Å². The molecule has 0 aliphatic carbocycles. The lowest BCUT2D eigenvalue weighted by Gasteiger charge is -2.31.